The lowest BCUT2D eigenvalue weighted by molar-refractivity contribution is -0.138. The molecule has 0 saturated carbocycles. The number of hydrogen-bond donors (Lipinski definition) is 4. The third-order valence-electron chi connectivity index (χ3n) is 8.96. The molecule has 7 rings (SSSR count). The van der Waals surface area contributed by atoms with E-state index >= 15 is 0 Å². The Morgan fingerprint density at radius 1 is 0.780 bits per heavy atom. The van der Waals surface area contributed by atoms with Crippen molar-refractivity contribution in [3.05, 3.63) is 124 Å². The van der Waals surface area contributed by atoms with E-state index in [9.17, 15) is 9.59 Å². The summed E-state index contributed by atoms with van der Waals surface area (Å²) in [6, 6.07) is 19.8. The van der Waals surface area contributed by atoms with Crippen LogP contribution in [0.3, 0.4) is 0 Å². The quantitative estimate of drug-likeness (QED) is 0.200. The van der Waals surface area contributed by atoms with E-state index in [4.69, 9.17) is 29.7 Å². The predicted molar refractivity (Wildman–Crippen MR) is 193 cm³/mol. The van der Waals surface area contributed by atoms with Crippen molar-refractivity contribution in [3.63, 3.8) is 0 Å². The molecule has 1 aromatic heterocycles. The number of para-hydroxylation sites is 2. The molecule has 254 valence electrons. The average molecular weight is 671 g/mol. The van der Waals surface area contributed by atoms with E-state index < -0.39 is 11.9 Å². The van der Waals surface area contributed by atoms with Gasteiger partial charge in [-0.1, -0.05) is 36.4 Å². The number of fused-ring (bicyclic) bond motifs is 6. The number of allylic oxidation sites excluding steroid dienone is 4. The number of carboxylic acids is 2. The highest BCUT2D eigenvalue weighted by molar-refractivity contribution is 6.30. The molecule has 10 nitrogen and oxygen atoms in total. The number of ether oxygens (including phenoxy) is 2. The van der Waals surface area contributed by atoms with Gasteiger partial charge in [-0.25, -0.2) is 9.98 Å². The summed E-state index contributed by atoms with van der Waals surface area (Å²) < 4.78 is 12.3. The molecule has 4 aliphatic heterocycles. The Morgan fingerprint density at radius 3 is 2.22 bits per heavy atom. The first-order chi connectivity index (χ1) is 24.4. The topological polar surface area (TPSA) is 146 Å². The molecule has 8 bridgehead atoms. The molecule has 5 heterocycles. The number of hydrogen-bond acceptors (Lipinski definition) is 7. The summed E-state index contributed by atoms with van der Waals surface area (Å²) in [5.41, 5.74) is 7.03. The molecule has 0 radical (unpaired) electrons. The average Bonchev–Trinajstić information content (AvgIpc) is 3.93. The van der Waals surface area contributed by atoms with Crippen LogP contribution in [0.5, 0.6) is 11.5 Å². The highest BCUT2D eigenvalue weighted by Crippen LogP contribution is 2.37. The summed E-state index contributed by atoms with van der Waals surface area (Å²) in [6.45, 7) is 0.590. The largest absolute Gasteiger partial charge is 0.493 e. The van der Waals surface area contributed by atoms with Gasteiger partial charge in [0, 0.05) is 57.9 Å². The number of H-pyrrole nitrogens is 1. The summed E-state index contributed by atoms with van der Waals surface area (Å²) in [5.74, 6) is -0.320. The molecule has 3 aromatic rings. The minimum Gasteiger partial charge on any atom is -0.493 e. The highest BCUT2D eigenvalue weighted by Gasteiger charge is 2.31. The van der Waals surface area contributed by atoms with E-state index in [-0.39, 0.29) is 31.5 Å². The number of benzene rings is 2. The van der Waals surface area contributed by atoms with Crippen LogP contribution < -0.4 is 25.5 Å². The number of rotatable bonds is 12. The predicted octanol–water partition coefficient (Wildman–Crippen LogP) is 4.93. The lowest BCUT2D eigenvalue weighted by Gasteiger charge is -2.21. The van der Waals surface area contributed by atoms with E-state index in [1.54, 1.807) is 0 Å². The number of aliphatic carboxylic acids is 2. The maximum atomic E-state index is 11.1. The van der Waals surface area contributed by atoms with Gasteiger partial charge < -0.3 is 30.0 Å². The standard InChI is InChI=1S/C40H38N4O6/c45-37(46)11-5-21-49-35-9-3-1-7-29(35)39-31-17-13-25(41-31)23-27-15-19-33(43-27)40(30-8-2-4-10-36(30)50-22-6-12-38(47)48)34-20-16-28(44-34)24-26-14-18-32(39)42-26/h1-4,7-10,13-15,17-19,23-24,28,34,41,44H,5-6,11-12,16,20-22H2,(H,45,46)(H,47,48)/b25-23-,26-24-,39-31-,40-33-. The van der Waals surface area contributed by atoms with Gasteiger partial charge in [-0.2, -0.15) is 0 Å². The van der Waals surface area contributed by atoms with Crippen LogP contribution in [-0.2, 0) is 9.59 Å². The molecule has 1 fully saturated rings. The first-order valence-corrected chi connectivity index (χ1v) is 17.0. The Bertz CT molecular complexity index is 2130. The molecular formula is C40H38N4O6. The fourth-order valence-corrected chi connectivity index (χ4v) is 6.71. The molecule has 0 aliphatic carbocycles. The first-order valence-electron chi connectivity index (χ1n) is 17.0. The monoisotopic (exact) mass is 670 g/mol. The summed E-state index contributed by atoms with van der Waals surface area (Å²) in [6.07, 6.45) is 15.0. The van der Waals surface area contributed by atoms with E-state index in [0.29, 0.717) is 30.9 Å². The second-order valence-electron chi connectivity index (χ2n) is 12.5. The van der Waals surface area contributed by atoms with Gasteiger partial charge >= 0.3 is 11.9 Å². The first kappa shape index (κ1) is 32.8. The van der Waals surface area contributed by atoms with Crippen molar-refractivity contribution in [2.45, 2.75) is 50.6 Å². The van der Waals surface area contributed by atoms with Gasteiger partial charge in [0.15, 0.2) is 0 Å². The normalized spacial score (nSPS) is 23.4. The maximum Gasteiger partial charge on any atom is 0.303 e. The fourth-order valence-electron chi connectivity index (χ4n) is 6.71. The van der Waals surface area contributed by atoms with E-state index in [1.165, 1.54) is 0 Å². The van der Waals surface area contributed by atoms with Crippen molar-refractivity contribution >= 4 is 40.6 Å². The van der Waals surface area contributed by atoms with Crippen LogP contribution in [-0.4, -0.2) is 63.9 Å². The third kappa shape index (κ3) is 7.45. The minimum absolute atomic E-state index is 0.00512. The minimum atomic E-state index is -0.846. The molecule has 2 aromatic carbocycles. The Hall–Kier alpha value is -5.74. The molecule has 4 N–H and O–H groups in total. The fraction of sp³-hybridized carbons (Fsp3) is 0.250. The Morgan fingerprint density at radius 2 is 1.48 bits per heavy atom. The zero-order valence-electron chi connectivity index (χ0n) is 27.5. The molecule has 1 saturated heterocycles. The van der Waals surface area contributed by atoms with Crippen molar-refractivity contribution in [3.8, 4) is 11.5 Å². The second kappa shape index (κ2) is 14.8. The van der Waals surface area contributed by atoms with Crippen molar-refractivity contribution in [1.29, 1.82) is 0 Å². The lowest BCUT2D eigenvalue weighted by atomic mass is 9.94. The van der Waals surface area contributed by atoms with Gasteiger partial charge in [0.1, 0.15) is 11.5 Å². The third-order valence-corrected chi connectivity index (χ3v) is 8.96. The van der Waals surface area contributed by atoms with E-state index in [2.05, 4.69) is 16.4 Å². The summed E-state index contributed by atoms with van der Waals surface area (Å²) >= 11 is 0. The van der Waals surface area contributed by atoms with E-state index in [1.807, 2.05) is 91.0 Å². The van der Waals surface area contributed by atoms with Gasteiger partial charge in [-0.05, 0) is 86.4 Å². The molecule has 0 amide bonds. The zero-order chi connectivity index (χ0) is 34.5. The van der Waals surface area contributed by atoms with Crippen LogP contribution in [0.2, 0.25) is 0 Å². The molecule has 2 unspecified atom stereocenters. The van der Waals surface area contributed by atoms with Gasteiger partial charge in [0.05, 0.1) is 36.0 Å². The van der Waals surface area contributed by atoms with Crippen LogP contribution >= 0.6 is 0 Å². The number of carbonyl (C=O) groups is 2. The smallest absolute Gasteiger partial charge is 0.303 e. The molecule has 4 aliphatic rings. The number of aromatic nitrogens is 1. The zero-order valence-corrected chi connectivity index (χ0v) is 27.5. The molecular weight excluding hydrogens is 632 g/mol. The van der Waals surface area contributed by atoms with Gasteiger partial charge in [0.2, 0.25) is 0 Å². The number of carboxylic acid groups (broad SMARTS) is 2. The van der Waals surface area contributed by atoms with Crippen LogP contribution in [0.4, 0.5) is 0 Å². The van der Waals surface area contributed by atoms with Gasteiger partial charge in [0.25, 0.3) is 0 Å². The second-order valence-corrected chi connectivity index (χ2v) is 12.5. The summed E-state index contributed by atoms with van der Waals surface area (Å²) in [5, 5.41) is 23.7. The molecule has 2 atom stereocenters. The van der Waals surface area contributed by atoms with Crippen molar-refractivity contribution in [1.82, 2.24) is 10.3 Å². The van der Waals surface area contributed by atoms with Crippen molar-refractivity contribution in [2.24, 2.45) is 9.98 Å². The van der Waals surface area contributed by atoms with Gasteiger partial charge in [-0.3, -0.25) is 9.59 Å². The molecule has 50 heavy (non-hydrogen) atoms. The Balaban J connectivity index is 1.31. The summed E-state index contributed by atoms with van der Waals surface area (Å²) in [7, 11) is 0. The number of nitrogens with one attached hydrogen (secondary N) is 2. The number of aliphatic imine (C=N–C) groups is 2. The summed E-state index contributed by atoms with van der Waals surface area (Å²) in [4.78, 5) is 35.9. The van der Waals surface area contributed by atoms with Crippen molar-refractivity contribution < 1.29 is 29.3 Å². The van der Waals surface area contributed by atoms with Crippen LogP contribution in [0.15, 0.2) is 112 Å². The van der Waals surface area contributed by atoms with Gasteiger partial charge in [-0.15, -0.1) is 0 Å². The van der Waals surface area contributed by atoms with E-state index in [0.717, 1.165) is 68.6 Å². The van der Waals surface area contributed by atoms with Crippen LogP contribution in [0.25, 0.3) is 17.2 Å². The lowest BCUT2D eigenvalue weighted by Crippen LogP contribution is -2.30. The maximum absolute atomic E-state index is 11.1. The van der Waals surface area contributed by atoms with Crippen molar-refractivity contribution in [2.75, 3.05) is 13.2 Å². The SMILES string of the molecule is O=C(O)CCCOc1ccccc1/C1=C2\C=CC(=N2)/C=c2/cc/c([nH]2)=C(\c2ccccc2OCCCC(=O)O)C2=N/C(=C\C3CCC1N3)C=C2. The van der Waals surface area contributed by atoms with Crippen LogP contribution in [0, 0.1) is 0 Å². The molecule has 0 spiro atoms. The number of nitrogens with zero attached hydrogens (tertiary/aromatic N) is 2. The highest BCUT2D eigenvalue weighted by atomic mass is 16.5. The van der Waals surface area contributed by atoms with Crippen LogP contribution in [0.1, 0.15) is 49.7 Å². The Kier molecular flexibility index (Phi) is 9.70. The molecule has 10 heteroatoms. The Labute approximate surface area is 289 Å². The number of aromatic amines is 1.